The third-order valence-corrected chi connectivity index (χ3v) is 3.61. The van der Waals surface area contributed by atoms with Crippen molar-refractivity contribution in [2.45, 2.75) is 6.61 Å². The van der Waals surface area contributed by atoms with Crippen LogP contribution in [0, 0.1) is 0 Å². The first-order valence-electron chi connectivity index (χ1n) is 8.74. The Balaban J connectivity index is 1.33. The third-order valence-electron chi connectivity index (χ3n) is 3.61. The first-order valence-corrected chi connectivity index (χ1v) is 8.74. The Hall–Kier alpha value is -4.82. The molecular weight excluding hydrogens is 428 g/mol. The first kappa shape index (κ1) is 20.5. The van der Waals surface area contributed by atoms with Crippen molar-refractivity contribution in [3.8, 4) is 5.95 Å². The Morgan fingerprint density at radius 1 is 1.00 bits per heavy atom. The van der Waals surface area contributed by atoms with Crippen LogP contribution in [0.1, 0.15) is 5.69 Å². The van der Waals surface area contributed by atoms with Crippen molar-refractivity contribution in [2.75, 3.05) is 11.6 Å². The van der Waals surface area contributed by atoms with Crippen LogP contribution in [0.2, 0.25) is 0 Å². The maximum absolute atomic E-state index is 9.07. The largest absolute Gasteiger partial charge is 0.390 e. The van der Waals surface area contributed by atoms with E-state index in [0.29, 0.717) is 11.4 Å². The van der Waals surface area contributed by atoms with E-state index in [2.05, 4.69) is 72.5 Å². The summed E-state index contributed by atoms with van der Waals surface area (Å²) in [5, 5.41) is 40.0. The van der Waals surface area contributed by atoms with Crippen molar-refractivity contribution in [3.05, 3.63) is 23.8 Å². The van der Waals surface area contributed by atoms with E-state index in [9.17, 15) is 0 Å². The molecule has 0 fully saturated rings. The predicted molar refractivity (Wildman–Crippen MR) is 106 cm³/mol. The minimum absolute atomic E-state index is 0.0743. The number of hydrazine groups is 3. The van der Waals surface area contributed by atoms with Gasteiger partial charge in [-0.3, -0.25) is 10.9 Å². The molecule has 0 saturated carbocycles. The Bertz CT molecular complexity index is 1150. The van der Waals surface area contributed by atoms with E-state index in [4.69, 9.17) is 21.7 Å². The van der Waals surface area contributed by atoms with Crippen molar-refractivity contribution < 1.29 is 10.2 Å². The molecule has 0 saturated heterocycles. The molecule has 4 heterocycles. The smallest absolute Gasteiger partial charge is 0.272 e. The van der Waals surface area contributed by atoms with Crippen molar-refractivity contribution in [1.82, 2.24) is 67.2 Å². The van der Waals surface area contributed by atoms with E-state index >= 15 is 0 Å². The molecule has 0 atom stereocenters. The summed E-state index contributed by atoms with van der Waals surface area (Å²) in [6.45, 7) is -0.435. The fraction of sp³-hybridized carbons (Fsp3) is 0.167. The van der Waals surface area contributed by atoms with Gasteiger partial charge in [0, 0.05) is 6.20 Å². The zero-order valence-electron chi connectivity index (χ0n) is 16.1. The standard InChI is InChI=1S/C12H18N18O2/c13-7(15-9-17-11(25-23-9)29-1-5(3-31)19-27-29)21-22-8(14)16-10-18-12(26-24-10)30-2-6(4-32)20-28-30/h1-2,19,27,31-32H,3-4H2,(H4,13,15,17,21,23,25)(H4,14,16,18,22,24,26). The van der Waals surface area contributed by atoms with E-state index in [1.807, 2.05) is 0 Å². The number of nitrogens with two attached hydrogens (primary N) is 2. The molecule has 168 valence electrons. The molecule has 0 bridgehead atoms. The monoisotopic (exact) mass is 446 g/mol. The molecule has 3 aromatic rings. The summed E-state index contributed by atoms with van der Waals surface area (Å²) in [5.74, 6) is 0.369. The maximum Gasteiger partial charge on any atom is 0.272 e. The van der Waals surface area contributed by atoms with Crippen molar-refractivity contribution in [1.29, 1.82) is 0 Å². The summed E-state index contributed by atoms with van der Waals surface area (Å²) >= 11 is 0. The van der Waals surface area contributed by atoms with Gasteiger partial charge in [0.2, 0.25) is 23.8 Å². The fourth-order valence-electron chi connectivity index (χ4n) is 2.22. The van der Waals surface area contributed by atoms with Gasteiger partial charge in [-0.25, -0.2) is 15.2 Å². The number of anilines is 1. The topological polar surface area (TPSA) is 282 Å². The van der Waals surface area contributed by atoms with Crippen molar-refractivity contribution >= 4 is 29.8 Å². The van der Waals surface area contributed by atoms with Crippen LogP contribution in [0.25, 0.3) is 5.95 Å². The highest BCUT2D eigenvalue weighted by atomic mass is 16.3. The van der Waals surface area contributed by atoms with Crippen molar-refractivity contribution in [3.63, 3.8) is 0 Å². The van der Waals surface area contributed by atoms with Gasteiger partial charge in [0.15, 0.2) is 0 Å². The molecule has 0 aromatic carbocycles. The number of H-pyrrole nitrogens is 2. The highest BCUT2D eigenvalue weighted by Crippen LogP contribution is 2.13. The molecule has 1 aliphatic heterocycles. The summed E-state index contributed by atoms with van der Waals surface area (Å²) in [4.78, 5) is 16.1. The van der Waals surface area contributed by atoms with Gasteiger partial charge in [0.05, 0.1) is 25.1 Å². The van der Waals surface area contributed by atoms with Crippen molar-refractivity contribution in [2.24, 2.45) is 21.5 Å². The normalized spacial score (nSPS) is 14.4. The van der Waals surface area contributed by atoms with E-state index in [1.54, 1.807) is 6.20 Å². The average Bonchev–Trinajstić information content (AvgIpc) is 3.58. The van der Waals surface area contributed by atoms with E-state index in [1.165, 1.54) is 15.9 Å². The van der Waals surface area contributed by atoms with Crippen LogP contribution < -0.4 is 38.3 Å². The molecular formula is C12H18N18O2. The minimum Gasteiger partial charge on any atom is -0.390 e. The molecule has 0 spiro atoms. The van der Waals surface area contributed by atoms with Crippen LogP contribution in [-0.2, 0) is 6.61 Å². The second-order valence-electron chi connectivity index (χ2n) is 5.89. The zero-order valence-corrected chi connectivity index (χ0v) is 16.1. The minimum atomic E-state index is -0.260. The Labute approximate surface area is 177 Å². The summed E-state index contributed by atoms with van der Waals surface area (Å²) in [7, 11) is 0. The lowest BCUT2D eigenvalue weighted by Crippen LogP contribution is -2.48. The number of guanidine groups is 2. The lowest BCUT2D eigenvalue weighted by molar-refractivity contribution is 0.276. The number of rotatable bonds is 6. The first-order chi connectivity index (χ1) is 15.5. The Morgan fingerprint density at radius 3 is 2.25 bits per heavy atom. The SMILES string of the molecule is N/C(=N/c1nc(N2C=C(CO)NN2)n[nH]1)NN/C(N)=N/c1nc(-n2cc(CO)nn2)n[nH]1. The number of aliphatic imine (C=N–C) groups is 2. The molecule has 32 heavy (non-hydrogen) atoms. The summed E-state index contributed by atoms with van der Waals surface area (Å²) in [5.41, 5.74) is 22.9. The highest BCUT2D eigenvalue weighted by Gasteiger charge is 2.16. The summed E-state index contributed by atoms with van der Waals surface area (Å²) in [6.07, 6.45) is 3.03. The quantitative estimate of drug-likeness (QED) is 0.0967. The van der Waals surface area contributed by atoms with Gasteiger partial charge in [-0.05, 0) is 0 Å². The van der Waals surface area contributed by atoms with E-state index in [0.717, 1.165) is 0 Å². The average molecular weight is 446 g/mol. The molecule has 4 rings (SSSR count). The maximum atomic E-state index is 9.07. The van der Waals surface area contributed by atoms with Gasteiger partial charge in [-0.1, -0.05) is 5.21 Å². The highest BCUT2D eigenvalue weighted by molar-refractivity contribution is 5.85. The van der Waals surface area contributed by atoms with E-state index in [-0.39, 0.29) is 48.9 Å². The summed E-state index contributed by atoms with van der Waals surface area (Å²) < 4.78 is 1.26. The lowest BCUT2D eigenvalue weighted by Gasteiger charge is -2.08. The number of aliphatic hydroxyl groups is 2. The van der Waals surface area contributed by atoms with E-state index < -0.39 is 0 Å². The number of nitrogens with zero attached hydrogens (tertiary/aromatic N) is 10. The predicted octanol–water partition coefficient (Wildman–Crippen LogP) is -4.65. The number of aromatic amines is 2. The number of aliphatic hydroxyl groups excluding tert-OH is 2. The Kier molecular flexibility index (Phi) is 5.69. The lowest BCUT2D eigenvalue weighted by atomic mass is 10.5. The Morgan fingerprint density at radius 2 is 1.66 bits per heavy atom. The van der Waals surface area contributed by atoms with Gasteiger partial charge in [-0.15, -0.1) is 20.8 Å². The van der Waals surface area contributed by atoms with Gasteiger partial charge >= 0.3 is 0 Å². The van der Waals surface area contributed by atoms with Crippen LogP contribution in [0.3, 0.4) is 0 Å². The second kappa shape index (κ2) is 8.90. The molecule has 1 aliphatic rings. The number of aromatic nitrogens is 9. The number of nitrogens with one attached hydrogen (secondary N) is 6. The second-order valence-corrected chi connectivity index (χ2v) is 5.89. The number of hydrogen-bond acceptors (Lipinski definition) is 13. The zero-order chi connectivity index (χ0) is 22.5. The molecule has 0 amide bonds. The molecule has 0 radical (unpaired) electrons. The van der Waals surface area contributed by atoms with Gasteiger partial charge in [-0.2, -0.15) is 24.6 Å². The fourth-order valence-corrected chi connectivity index (χ4v) is 2.22. The molecule has 20 nitrogen and oxygen atoms in total. The van der Waals surface area contributed by atoms with Crippen LogP contribution in [0.15, 0.2) is 28.1 Å². The van der Waals surface area contributed by atoms with Gasteiger partial charge < -0.3 is 27.1 Å². The van der Waals surface area contributed by atoms with Gasteiger partial charge in [0.25, 0.3) is 11.9 Å². The molecule has 3 aromatic heterocycles. The number of hydrogen-bond donors (Lipinski definition) is 10. The molecule has 0 unspecified atom stereocenters. The summed E-state index contributed by atoms with van der Waals surface area (Å²) in [6, 6.07) is 0. The van der Waals surface area contributed by atoms with Crippen LogP contribution in [0.5, 0.6) is 0 Å². The molecule has 0 aliphatic carbocycles. The van der Waals surface area contributed by atoms with Crippen LogP contribution in [-0.4, -0.2) is 74.1 Å². The van der Waals surface area contributed by atoms with Crippen LogP contribution >= 0.6 is 0 Å². The third kappa shape index (κ3) is 4.66. The molecule has 20 heteroatoms. The van der Waals surface area contributed by atoms with Gasteiger partial charge in [0.1, 0.15) is 5.69 Å². The molecule has 12 N–H and O–H groups in total. The van der Waals surface area contributed by atoms with Crippen LogP contribution in [0.4, 0.5) is 17.8 Å².